The Morgan fingerprint density at radius 3 is 2.38 bits per heavy atom. The van der Waals surface area contributed by atoms with Crippen LogP contribution in [0.3, 0.4) is 0 Å². The van der Waals surface area contributed by atoms with Crippen molar-refractivity contribution in [1.82, 2.24) is 5.32 Å². The van der Waals surface area contributed by atoms with Crippen molar-refractivity contribution in [1.29, 1.82) is 0 Å². The van der Waals surface area contributed by atoms with Crippen LogP contribution in [0.1, 0.15) is 18.4 Å². The lowest BCUT2D eigenvalue weighted by Crippen LogP contribution is -2.28. The zero-order valence-electron chi connectivity index (χ0n) is 13.2. The first-order chi connectivity index (χ1) is 11.6. The van der Waals surface area contributed by atoms with Gasteiger partial charge in [0.15, 0.2) is 16.7 Å². The van der Waals surface area contributed by atoms with Crippen LogP contribution in [0.2, 0.25) is 0 Å². The van der Waals surface area contributed by atoms with Crippen molar-refractivity contribution in [2.24, 2.45) is 0 Å². The van der Waals surface area contributed by atoms with Crippen molar-refractivity contribution in [3.63, 3.8) is 0 Å². The van der Waals surface area contributed by atoms with Crippen molar-refractivity contribution in [2.75, 3.05) is 23.3 Å². The van der Waals surface area contributed by atoms with Gasteiger partial charge in [0.05, 0.1) is 0 Å². The lowest BCUT2D eigenvalue weighted by Gasteiger charge is -2.18. The van der Waals surface area contributed by atoms with Crippen molar-refractivity contribution >= 4 is 28.7 Å². The third-order valence-electron chi connectivity index (χ3n) is 4.04. The van der Waals surface area contributed by atoms with Gasteiger partial charge in [-0.1, -0.05) is 12.1 Å². The molecule has 6 heteroatoms. The number of nitrogens with zero attached hydrogens (tertiary/aromatic N) is 1. The van der Waals surface area contributed by atoms with E-state index < -0.39 is 11.6 Å². The van der Waals surface area contributed by atoms with Crippen LogP contribution >= 0.6 is 12.2 Å². The lowest BCUT2D eigenvalue weighted by molar-refractivity contribution is 0.509. The zero-order valence-corrected chi connectivity index (χ0v) is 14.0. The van der Waals surface area contributed by atoms with Crippen LogP contribution in [0.4, 0.5) is 20.2 Å². The van der Waals surface area contributed by atoms with Gasteiger partial charge in [-0.2, -0.15) is 0 Å². The SMILES string of the molecule is Fc1ccc(NC(=S)NCc2ccc(N3CCCC3)cc2)cc1F. The minimum Gasteiger partial charge on any atom is -0.372 e. The van der Waals surface area contributed by atoms with Gasteiger partial charge >= 0.3 is 0 Å². The summed E-state index contributed by atoms with van der Waals surface area (Å²) in [5, 5.41) is 6.27. The second-order valence-electron chi connectivity index (χ2n) is 5.80. The van der Waals surface area contributed by atoms with E-state index in [1.807, 2.05) is 0 Å². The number of thiocarbonyl (C=S) groups is 1. The molecule has 2 aromatic rings. The molecule has 2 N–H and O–H groups in total. The van der Waals surface area contributed by atoms with Crippen LogP contribution in [0.15, 0.2) is 42.5 Å². The first-order valence-corrected chi connectivity index (χ1v) is 8.36. The standard InChI is InChI=1S/C18H19F2N3S/c19-16-8-5-14(11-17(16)20)22-18(24)21-12-13-3-6-15(7-4-13)23-9-1-2-10-23/h3-8,11H,1-2,9-10,12H2,(H2,21,22,24). The molecule has 0 atom stereocenters. The van der Waals surface area contributed by atoms with E-state index in [1.165, 1.54) is 24.6 Å². The fourth-order valence-electron chi connectivity index (χ4n) is 2.73. The average Bonchev–Trinajstić information content (AvgIpc) is 3.11. The van der Waals surface area contributed by atoms with Gasteiger partial charge in [-0.15, -0.1) is 0 Å². The molecule has 3 rings (SSSR count). The van der Waals surface area contributed by atoms with Gasteiger partial charge < -0.3 is 15.5 Å². The lowest BCUT2D eigenvalue weighted by atomic mass is 10.2. The van der Waals surface area contributed by atoms with E-state index in [0.29, 0.717) is 17.3 Å². The molecule has 3 nitrogen and oxygen atoms in total. The Morgan fingerprint density at radius 2 is 1.71 bits per heavy atom. The van der Waals surface area contributed by atoms with E-state index in [1.54, 1.807) is 0 Å². The summed E-state index contributed by atoms with van der Waals surface area (Å²) in [6.45, 7) is 2.81. The highest BCUT2D eigenvalue weighted by atomic mass is 32.1. The summed E-state index contributed by atoms with van der Waals surface area (Å²) in [5.74, 6) is -1.78. The van der Waals surface area contributed by atoms with E-state index in [4.69, 9.17) is 12.2 Å². The predicted octanol–water partition coefficient (Wildman–Crippen LogP) is 4.05. The number of hydrogen-bond acceptors (Lipinski definition) is 2. The molecule has 1 heterocycles. The van der Waals surface area contributed by atoms with Gasteiger partial charge in [-0.3, -0.25) is 0 Å². The monoisotopic (exact) mass is 347 g/mol. The van der Waals surface area contributed by atoms with E-state index in [2.05, 4.69) is 39.8 Å². The molecule has 126 valence electrons. The fourth-order valence-corrected chi connectivity index (χ4v) is 2.92. The molecule has 0 saturated carbocycles. The van der Waals surface area contributed by atoms with Crippen LogP contribution in [0.5, 0.6) is 0 Å². The minimum atomic E-state index is -0.902. The van der Waals surface area contributed by atoms with Gasteiger partial charge in [0.1, 0.15) is 0 Å². The topological polar surface area (TPSA) is 27.3 Å². The Morgan fingerprint density at radius 1 is 1.00 bits per heavy atom. The normalized spacial score (nSPS) is 13.8. The largest absolute Gasteiger partial charge is 0.372 e. The van der Waals surface area contributed by atoms with E-state index >= 15 is 0 Å². The first-order valence-electron chi connectivity index (χ1n) is 7.95. The van der Waals surface area contributed by atoms with Crippen molar-refractivity contribution < 1.29 is 8.78 Å². The number of rotatable bonds is 4. The molecule has 0 radical (unpaired) electrons. The number of halogens is 2. The molecule has 1 aliphatic rings. The molecule has 24 heavy (non-hydrogen) atoms. The molecular formula is C18H19F2N3S. The maximum Gasteiger partial charge on any atom is 0.171 e. The van der Waals surface area contributed by atoms with Crippen LogP contribution in [-0.4, -0.2) is 18.2 Å². The fraction of sp³-hybridized carbons (Fsp3) is 0.278. The van der Waals surface area contributed by atoms with E-state index in [9.17, 15) is 8.78 Å². The minimum absolute atomic E-state index is 0.365. The molecule has 1 aliphatic heterocycles. The number of nitrogens with one attached hydrogen (secondary N) is 2. The van der Waals surface area contributed by atoms with Crippen LogP contribution < -0.4 is 15.5 Å². The highest BCUT2D eigenvalue weighted by molar-refractivity contribution is 7.80. The third kappa shape index (κ3) is 4.20. The second-order valence-corrected chi connectivity index (χ2v) is 6.21. The molecule has 1 fully saturated rings. The third-order valence-corrected chi connectivity index (χ3v) is 4.28. The Balaban J connectivity index is 1.51. The molecule has 0 amide bonds. The van der Waals surface area contributed by atoms with Crippen LogP contribution in [0.25, 0.3) is 0 Å². The summed E-state index contributed by atoms with van der Waals surface area (Å²) in [6, 6.07) is 12.0. The van der Waals surface area contributed by atoms with Gasteiger partial charge in [-0.05, 0) is 54.9 Å². The Labute approximate surface area is 145 Å². The summed E-state index contributed by atoms with van der Waals surface area (Å²) in [4.78, 5) is 2.38. The quantitative estimate of drug-likeness (QED) is 0.816. The number of hydrogen-bond donors (Lipinski definition) is 2. The van der Waals surface area contributed by atoms with Crippen LogP contribution in [0, 0.1) is 11.6 Å². The van der Waals surface area contributed by atoms with Crippen molar-refractivity contribution in [2.45, 2.75) is 19.4 Å². The molecule has 0 bridgehead atoms. The Kier molecular flexibility index (Phi) is 5.25. The second kappa shape index (κ2) is 7.57. The van der Waals surface area contributed by atoms with E-state index in [0.717, 1.165) is 30.8 Å². The highest BCUT2D eigenvalue weighted by Crippen LogP contribution is 2.20. The average molecular weight is 347 g/mol. The molecule has 1 saturated heterocycles. The van der Waals surface area contributed by atoms with Crippen molar-refractivity contribution in [3.05, 3.63) is 59.7 Å². The van der Waals surface area contributed by atoms with E-state index in [-0.39, 0.29) is 0 Å². The number of benzene rings is 2. The maximum absolute atomic E-state index is 13.2. The molecule has 0 aliphatic carbocycles. The molecule has 0 unspecified atom stereocenters. The van der Waals surface area contributed by atoms with Gasteiger partial charge in [0.25, 0.3) is 0 Å². The van der Waals surface area contributed by atoms with Gasteiger partial charge in [-0.25, -0.2) is 8.78 Å². The summed E-state index contributed by atoms with van der Waals surface area (Å²) in [7, 11) is 0. The smallest absolute Gasteiger partial charge is 0.171 e. The first kappa shape index (κ1) is 16.6. The number of anilines is 2. The molecular weight excluding hydrogens is 328 g/mol. The summed E-state index contributed by atoms with van der Waals surface area (Å²) in [6.07, 6.45) is 2.51. The van der Waals surface area contributed by atoms with Gasteiger partial charge in [0.2, 0.25) is 0 Å². The zero-order chi connectivity index (χ0) is 16.9. The molecule has 2 aromatic carbocycles. The van der Waals surface area contributed by atoms with Gasteiger partial charge in [0, 0.05) is 37.1 Å². The summed E-state index contributed by atoms with van der Waals surface area (Å²) in [5.41, 5.74) is 2.77. The molecule has 0 spiro atoms. The summed E-state index contributed by atoms with van der Waals surface area (Å²) < 4.78 is 26.1. The molecule has 0 aromatic heterocycles. The maximum atomic E-state index is 13.2. The predicted molar refractivity (Wildman–Crippen MR) is 97.3 cm³/mol. The van der Waals surface area contributed by atoms with Crippen LogP contribution in [-0.2, 0) is 6.54 Å². The Hall–Kier alpha value is -2.21. The van der Waals surface area contributed by atoms with Crippen molar-refractivity contribution in [3.8, 4) is 0 Å². The summed E-state index contributed by atoms with van der Waals surface area (Å²) >= 11 is 5.18. The highest BCUT2D eigenvalue weighted by Gasteiger charge is 2.11. The Bertz CT molecular complexity index is 713.